The van der Waals surface area contributed by atoms with Gasteiger partial charge in [0.15, 0.2) is 0 Å². The summed E-state index contributed by atoms with van der Waals surface area (Å²) in [6.45, 7) is 3.75. The monoisotopic (exact) mass is 290 g/mol. The second-order valence-electron chi connectivity index (χ2n) is 6.30. The van der Waals surface area contributed by atoms with Gasteiger partial charge in [0.1, 0.15) is 0 Å². The highest BCUT2D eigenvalue weighted by atomic mass is 16.3. The average molecular weight is 290 g/mol. The first kappa shape index (κ1) is 16.0. The lowest BCUT2D eigenvalue weighted by atomic mass is 9.73. The Morgan fingerprint density at radius 1 is 1.33 bits per heavy atom. The highest BCUT2D eigenvalue weighted by Gasteiger charge is 2.34. The van der Waals surface area contributed by atoms with E-state index in [1.54, 1.807) is 7.05 Å². The molecule has 4 nitrogen and oxygen atoms in total. The molecule has 1 aromatic carbocycles. The van der Waals surface area contributed by atoms with Gasteiger partial charge in [-0.25, -0.2) is 0 Å². The third kappa shape index (κ3) is 4.05. The van der Waals surface area contributed by atoms with Gasteiger partial charge in [-0.1, -0.05) is 31.9 Å². The van der Waals surface area contributed by atoms with Gasteiger partial charge < -0.3 is 15.7 Å². The van der Waals surface area contributed by atoms with Crippen LogP contribution in [0.25, 0.3) is 0 Å². The van der Waals surface area contributed by atoms with Crippen molar-refractivity contribution in [3.8, 4) is 0 Å². The SMILES string of the molecule is CNC(=O)c1ccc(CNCC2(C)CCCCC2O)cc1. The highest BCUT2D eigenvalue weighted by molar-refractivity contribution is 5.93. The molecule has 0 saturated heterocycles. The van der Waals surface area contributed by atoms with E-state index in [4.69, 9.17) is 0 Å². The Morgan fingerprint density at radius 2 is 2.05 bits per heavy atom. The highest BCUT2D eigenvalue weighted by Crippen LogP contribution is 2.35. The number of aliphatic hydroxyl groups is 1. The summed E-state index contributed by atoms with van der Waals surface area (Å²) in [5, 5.41) is 16.2. The van der Waals surface area contributed by atoms with Crippen molar-refractivity contribution in [2.75, 3.05) is 13.6 Å². The Balaban J connectivity index is 1.84. The van der Waals surface area contributed by atoms with Gasteiger partial charge in [-0.15, -0.1) is 0 Å². The van der Waals surface area contributed by atoms with Crippen molar-refractivity contribution in [3.05, 3.63) is 35.4 Å². The van der Waals surface area contributed by atoms with Crippen molar-refractivity contribution in [1.29, 1.82) is 0 Å². The van der Waals surface area contributed by atoms with Crippen LogP contribution in [0.2, 0.25) is 0 Å². The van der Waals surface area contributed by atoms with Crippen LogP contribution < -0.4 is 10.6 Å². The van der Waals surface area contributed by atoms with E-state index in [9.17, 15) is 9.90 Å². The zero-order chi connectivity index (χ0) is 15.3. The van der Waals surface area contributed by atoms with Gasteiger partial charge in [-0.2, -0.15) is 0 Å². The molecule has 1 aromatic rings. The molecular formula is C17H26N2O2. The van der Waals surface area contributed by atoms with Crippen molar-refractivity contribution in [1.82, 2.24) is 10.6 Å². The van der Waals surface area contributed by atoms with E-state index in [1.807, 2.05) is 24.3 Å². The molecule has 0 aliphatic heterocycles. The Labute approximate surface area is 126 Å². The van der Waals surface area contributed by atoms with Crippen LogP contribution in [0.5, 0.6) is 0 Å². The summed E-state index contributed by atoms with van der Waals surface area (Å²) in [7, 11) is 1.63. The number of rotatable bonds is 5. The fourth-order valence-corrected chi connectivity index (χ4v) is 3.00. The Hall–Kier alpha value is -1.39. The van der Waals surface area contributed by atoms with Crippen LogP contribution in [-0.4, -0.2) is 30.7 Å². The van der Waals surface area contributed by atoms with Gasteiger partial charge in [-0.05, 0) is 30.5 Å². The molecule has 0 radical (unpaired) electrons. The molecule has 0 spiro atoms. The molecule has 0 bridgehead atoms. The maximum Gasteiger partial charge on any atom is 0.251 e. The van der Waals surface area contributed by atoms with Crippen molar-refractivity contribution in [3.63, 3.8) is 0 Å². The molecule has 3 N–H and O–H groups in total. The molecule has 0 aromatic heterocycles. The van der Waals surface area contributed by atoms with E-state index in [-0.39, 0.29) is 17.4 Å². The summed E-state index contributed by atoms with van der Waals surface area (Å²) in [5.74, 6) is -0.0626. The van der Waals surface area contributed by atoms with E-state index in [0.29, 0.717) is 5.56 Å². The average Bonchev–Trinajstić information content (AvgIpc) is 2.50. The first-order valence-corrected chi connectivity index (χ1v) is 7.75. The third-order valence-electron chi connectivity index (χ3n) is 4.58. The zero-order valence-corrected chi connectivity index (χ0v) is 13.0. The summed E-state index contributed by atoms with van der Waals surface area (Å²) in [4.78, 5) is 11.5. The molecule has 1 saturated carbocycles. The smallest absolute Gasteiger partial charge is 0.251 e. The van der Waals surface area contributed by atoms with E-state index in [1.165, 1.54) is 6.42 Å². The number of carbonyl (C=O) groups is 1. The topological polar surface area (TPSA) is 61.4 Å². The fourth-order valence-electron chi connectivity index (χ4n) is 3.00. The first-order chi connectivity index (χ1) is 10.0. The lowest BCUT2D eigenvalue weighted by molar-refractivity contribution is 0.00115. The third-order valence-corrected chi connectivity index (χ3v) is 4.58. The van der Waals surface area contributed by atoms with Crippen molar-refractivity contribution in [2.45, 2.75) is 45.3 Å². The predicted molar refractivity (Wildman–Crippen MR) is 84.1 cm³/mol. The van der Waals surface area contributed by atoms with Crippen LogP contribution in [0.3, 0.4) is 0 Å². The largest absolute Gasteiger partial charge is 0.393 e. The molecule has 2 rings (SSSR count). The summed E-state index contributed by atoms with van der Waals surface area (Å²) < 4.78 is 0. The second kappa shape index (κ2) is 7.05. The minimum absolute atomic E-state index is 0.0136. The van der Waals surface area contributed by atoms with E-state index >= 15 is 0 Å². The van der Waals surface area contributed by atoms with Gasteiger partial charge in [0.05, 0.1) is 6.10 Å². The van der Waals surface area contributed by atoms with Crippen molar-refractivity contribution >= 4 is 5.91 Å². The molecule has 1 aliphatic carbocycles. The van der Waals surface area contributed by atoms with Crippen molar-refractivity contribution in [2.24, 2.45) is 5.41 Å². The van der Waals surface area contributed by atoms with Crippen LogP contribution in [0.1, 0.15) is 48.5 Å². The zero-order valence-electron chi connectivity index (χ0n) is 13.0. The summed E-state index contributed by atoms with van der Waals surface area (Å²) in [6.07, 6.45) is 4.14. The molecule has 2 unspecified atom stereocenters. The lowest BCUT2D eigenvalue weighted by Gasteiger charge is -2.38. The summed E-state index contributed by atoms with van der Waals surface area (Å²) >= 11 is 0. The molecule has 4 heteroatoms. The Morgan fingerprint density at radius 3 is 2.67 bits per heavy atom. The molecule has 116 valence electrons. The van der Waals surface area contributed by atoms with Gasteiger partial charge in [-0.3, -0.25) is 4.79 Å². The van der Waals surface area contributed by atoms with E-state index in [0.717, 1.165) is 37.9 Å². The number of aliphatic hydroxyl groups excluding tert-OH is 1. The number of amides is 1. The van der Waals surface area contributed by atoms with Crippen LogP contribution in [-0.2, 0) is 6.54 Å². The number of hydrogen-bond donors (Lipinski definition) is 3. The minimum atomic E-state index is -0.200. The predicted octanol–water partition coefficient (Wildman–Crippen LogP) is 2.08. The first-order valence-electron chi connectivity index (χ1n) is 7.75. The minimum Gasteiger partial charge on any atom is -0.393 e. The van der Waals surface area contributed by atoms with Gasteiger partial charge in [0.2, 0.25) is 0 Å². The van der Waals surface area contributed by atoms with Crippen LogP contribution >= 0.6 is 0 Å². The van der Waals surface area contributed by atoms with Gasteiger partial charge in [0, 0.05) is 31.1 Å². The van der Waals surface area contributed by atoms with Crippen LogP contribution in [0.15, 0.2) is 24.3 Å². The number of nitrogens with one attached hydrogen (secondary N) is 2. The molecule has 2 atom stereocenters. The molecule has 21 heavy (non-hydrogen) atoms. The standard InChI is InChI=1S/C17H26N2O2/c1-17(10-4-3-5-15(17)20)12-19-11-13-6-8-14(9-7-13)16(21)18-2/h6-9,15,19-20H,3-5,10-12H2,1-2H3,(H,18,21). The summed E-state index contributed by atoms with van der Waals surface area (Å²) in [6, 6.07) is 7.62. The van der Waals surface area contributed by atoms with E-state index in [2.05, 4.69) is 17.6 Å². The lowest BCUT2D eigenvalue weighted by Crippen LogP contribution is -2.43. The van der Waals surface area contributed by atoms with Crippen molar-refractivity contribution < 1.29 is 9.90 Å². The number of carbonyl (C=O) groups excluding carboxylic acids is 1. The van der Waals surface area contributed by atoms with Crippen LogP contribution in [0, 0.1) is 5.41 Å². The van der Waals surface area contributed by atoms with E-state index < -0.39 is 0 Å². The number of hydrogen-bond acceptors (Lipinski definition) is 3. The Bertz CT molecular complexity index is 472. The number of benzene rings is 1. The molecule has 0 heterocycles. The molecule has 1 aliphatic rings. The second-order valence-corrected chi connectivity index (χ2v) is 6.30. The normalized spacial score (nSPS) is 25.6. The molecular weight excluding hydrogens is 264 g/mol. The quantitative estimate of drug-likeness (QED) is 0.778. The maximum atomic E-state index is 11.5. The summed E-state index contributed by atoms with van der Waals surface area (Å²) in [5.41, 5.74) is 1.81. The fraction of sp³-hybridized carbons (Fsp3) is 0.588. The molecule has 1 fully saturated rings. The van der Waals surface area contributed by atoms with Gasteiger partial charge >= 0.3 is 0 Å². The maximum absolute atomic E-state index is 11.5. The molecule has 1 amide bonds. The van der Waals surface area contributed by atoms with Gasteiger partial charge in [0.25, 0.3) is 5.91 Å². The Kier molecular flexibility index (Phi) is 5.37. The van der Waals surface area contributed by atoms with Crippen LogP contribution in [0.4, 0.5) is 0 Å².